The van der Waals surface area contributed by atoms with Gasteiger partial charge >= 0.3 is 0 Å². The number of H-pyrrole nitrogens is 1. The molecular formula is C15H16N4O6. The van der Waals surface area contributed by atoms with Crippen molar-refractivity contribution in [1.29, 1.82) is 0 Å². The lowest BCUT2D eigenvalue weighted by Gasteiger charge is -2.17. The fourth-order valence-corrected chi connectivity index (χ4v) is 3.10. The number of aliphatic hydroxyl groups is 3. The zero-order valence-electron chi connectivity index (χ0n) is 12.9. The molecule has 4 heterocycles. The van der Waals surface area contributed by atoms with E-state index in [0.717, 1.165) is 0 Å². The van der Waals surface area contributed by atoms with E-state index in [1.807, 2.05) is 0 Å². The van der Waals surface area contributed by atoms with E-state index in [2.05, 4.69) is 9.97 Å². The summed E-state index contributed by atoms with van der Waals surface area (Å²) in [5.41, 5.74) is 5.77. The Kier molecular flexibility index (Phi) is 3.62. The van der Waals surface area contributed by atoms with E-state index in [9.17, 15) is 20.1 Å². The summed E-state index contributed by atoms with van der Waals surface area (Å²) >= 11 is 0. The fourth-order valence-electron chi connectivity index (χ4n) is 3.10. The number of aromatic nitrogens is 3. The van der Waals surface area contributed by atoms with Crippen LogP contribution in [0.1, 0.15) is 6.23 Å². The second kappa shape index (κ2) is 5.70. The Balaban J connectivity index is 1.95. The normalized spacial score (nSPS) is 26.5. The summed E-state index contributed by atoms with van der Waals surface area (Å²) in [5.74, 6) is 0.321. The maximum atomic E-state index is 12.4. The van der Waals surface area contributed by atoms with Gasteiger partial charge in [0.15, 0.2) is 11.9 Å². The van der Waals surface area contributed by atoms with Gasteiger partial charge in [-0.25, -0.2) is 0 Å². The molecule has 3 aromatic heterocycles. The van der Waals surface area contributed by atoms with E-state index in [1.54, 1.807) is 12.1 Å². The number of ether oxygens (including phenoxy) is 1. The topological polar surface area (TPSA) is 160 Å². The number of nitrogens with zero attached hydrogens (tertiary/aromatic N) is 2. The Bertz CT molecular complexity index is 962. The van der Waals surface area contributed by atoms with E-state index in [-0.39, 0.29) is 17.0 Å². The quantitative estimate of drug-likeness (QED) is 0.410. The molecule has 0 bridgehead atoms. The van der Waals surface area contributed by atoms with Gasteiger partial charge in [-0.3, -0.25) is 9.78 Å². The first-order valence-corrected chi connectivity index (χ1v) is 7.58. The zero-order chi connectivity index (χ0) is 17.7. The number of nitrogen functional groups attached to an aromatic ring is 1. The van der Waals surface area contributed by atoms with Gasteiger partial charge < -0.3 is 34.8 Å². The maximum Gasteiger partial charge on any atom is 0.262 e. The molecule has 10 heteroatoms. The number of aromatic amines is 1. The number of nitrogens with one attached hydrogen (secondary N) is 1. The Labute approximate surface area is 140 Å². The average molecular weight is 348 g/mol. The molecule has 1 fully saturated rings. The van der Waals surface area contributed by atoms with Gasteiger partial charge in [0.25, 0.3) is 5.56 Å². The van der Waals surface area contributed by atoms with Crippen LogP contribution in [0.5, 0.6) is 0 Å². The molecule has 0 radical (unpaired) electrons. The molecule has 1 aliphatic rings. The molecule has 4 rings (SSSR count). The minimum Gasteiger partial charge on any atom is -0.464 e. The lowest BCUT2D eigenvalue weighted by Crippen LogP contribution is -2.33. The van der Waals surface area contributed by atoms with E-state index in [1.165, 1.54) is 17.0 Å². The number of rotatable bonds is 3. The van der Waals surface area contributed by atoms with E-state index < -0.39 is 36.7 Å². The van der Waals surface area contributed by atoms with Gasteiger partial charge in [-0.1, -0.05) is 0 Å². The van der Waals surface area contributed by atoms with E-state index >= 15 is 0 Å². The van der Waals surface area contributed by atoms with E-state index in [0.29, 0.717) is 11.3 Å². The Hall–Kier alpha value is -2.66. The molecule has 4 atom stereocenters. The molecule has 6 N–H and O–H groups in total. The second-order valence-electron chi connectivity index (χ2n) is 5.81. The lowest BCUT2D eigenvalue weighted by atomic mass is 10.1. The SMILES string of the molecule is Nc1nc2c(c(-c3ccco3)cn2[C@@H]2O[C@H](CO)[C@@H](O)[C@H]2O)c(=O)[nH]1. The number of nitrogens with two attached hydrogens (primary N) is 1. The number of hydrogen-bond acceptors (Lipinski definition) is 8. The first-order chi connectivity index (χ1) is 12.0. The molecule has 1 aliphatic heterocycles. The summed E-state index contributed by atoms with van der Waals surface area (Å²) in [7, 11) is 0. The summed E-state index contributed by atoms with van der Waals surface area (Å²) in [6.07, 6.45) is -1.61. The molecule has 0 spiro atoms. The molecule has 0 amide bonds. The molecule has 3 aromatic rings. The third-order valence-corrected chi connectivity index (χ3v) is 4.28. The van der Waals surface area contributed by atoms with Crippen LogP contribution >= 0.6 is 0 Å². The van der Waals surface area contributed by atoms with Crippen LogP contribution in [0.4, 0.5) is 5.95 Å². The van der Waals surface area contributed by atoms with Crippen molar-refractivity contribution < 1.29 is 24.5 Å². The number of aliphatic hydroxyl groups excluding tert-OH is 3. The smallest absolute Gasteiger partial charge is 0.262 e. The van der Waals surface area contributed by atoms with Gasteiger partial charge in [0.1, 0.15) is 24.1 Å². The molecule has 1 saturated heterocycles. The van der Waals surface area contributed by atoms with Crippen LogP contribution in [-0.2, 0) is 4.74 Å². The molecule has 0 unspecified atom stereocenters. The number of fused-ring (bicyclic) bond motifs is 1. The summed E-state index contributed by atoms with van der Waals surface area (Å²) in [4.78, 5) is 18.9. The first-order valence-electron chi connectivity index (χ1n) is 7.58. The van der Waals surface area contributed by atoms with Gasteiger partial charge in [-0.05, 0) is 12.1 Å². The third-order valence-electron chi connectivity index (χ3n) is 4.28. The van der Waals surface area contributed by atoms with Crippen molar-refractivity contribution in [2.24, 2.45) is 0 Å². The van der Waals surface area contributed by atoms with Gasteiger partial charge in [0, 0.05) is 6.20 Å². The van der Waals surface area contributed by atoms with Gasteiger partial charge in [-0.15, -0.1) is 0 Å². The van der Waals surface area contributed by atoms with Crippen molar-refractivity contribution in [2.45, 2.75) is 24.5 Å². The second-order valence-corrected chi connectivity index (χ2v) is 5.81. The van der Waals surface area contributed by atoms with Crippen LogP contribution in [0.3, 0.4) is 0 Å². The van der Waals surface area contributed by atoms with E-state index in [4.69, 9.17) is 14.9 Å². The van der Waals surface area contributed by atoms with Crippen LogP contribution in [-0.4, -0.2) is 54.8 Å². The van der Waals surface area contributed by atoms with Crippen molar-refractivity contribution in [3.63, 3.8) is 0 Å². The molecule has 132 valence electrons. The molecule has 10 nitrogen and oxygen atoms in total. The van der Waals surface area contributed by atoms with Gasteiger partial charge in [0.2, 0.25) is 5.95 Å². The Morgan fingerprint density at radius 3 is 2.80 bits per heavy atom. The van der Waals surface area contributed by atoms with Crippen molar-refractivity contribution in [3.05, 3.63) is 34.9 Å². The maximum absolute atomic E-state index is 12.4. The fraction of sp³-hybridized carbons (Fsp3) is 0.333. The van der Waals surface area contributed by atoms with Crippen molar-refractivity contribution in [2.75, 3.05) is 12.3 Å². The monoisotopic (exact) mass is 348 g/mol. The molecule has 0 aliphatic carbocycles. The molecule has 0 aromatic carbocycles. The molecule has 0 saturated carbocycles. The standard InChI is InChI=1S/C15H16N4O6/c16-15-17-12-9(13(23)18-15)6(7-2-1-3-24-7)4-19(12)14-11(22)10(21)8(5-20)25-14/h1-4,8,10-11,14,20-22H,5H2,(H3,16,17,18,23)/t8-,10-,11-,14-/m1/s1. The highest BCUT2D eigenvalue weighted by atomic mass is 16.6. The van der Waals surface area contributed by atoms with Crippen LogP contribution < -0.4 is 11.3 Å². The first kappa shape index (κ1) is 15.8. The van der Waals surface area contributed by atoms with Crippen molar-refractivity contribution in [3.8, 4) is 11.3 Å². The number of hydrogen-bond donors (Lipinski definition) is 5. The summed E-state index contributed by atoms with van der Waals surface area (Å²) in [5, 5.41) is 29.7. The third kappa shape index (κ3) is 2.35. The zero-order valence-corrected chi connectivity index (χ0v) is 12.9. The highest BCUT2D eigenvalue weighted by Gasteiger charge is 2.44. The number of furan rings is 1. The predicted molar refractivity (Wildman–Crippen MR) is 85.5 cm³/mol. The van der Waals surface area contributed by atoms with Crippen LogP contribution in [0.15, 0.2) is 33.8 Å². The largest absolute Gasteiger partial charge is 0.464 e. The Morgan fingerprint density at radius 2 is 2.16 bits per heavy atom. The Morgan fingerprint density at radius 1 is 1.36 bits per heavy atom. The highest BCUT2D eigenvalue weighted by molar-refractivity contribution is 5.92. The van der Waals surface area contributed by atoms with Crippen molar-refractivity contribution >= 4 is 17.0 Å². The molecule has 25 heavy (non-hydrogen) atoms. The van der Waals surface area contributed by atoms with Gasteiger partial charge in [-0.2, -0.15) is 4.98 Å². The van der Waals surface area contributed by atoms with Gasteiger partial charge in [0.05, 0.1) is 23.8 Å². The minimum atomic E-state index is -1.32. The minimum absolute atomic E-state index is 0.102. The number of anilines is 1. The van der Waals surface area contributed by atoms with Crippen LogP contribution in [0, 0.1) is 0 Å². The summed E-state index contributed by atoms with van der Waals surface area (Å²) < 4.78 is 12.3. The summed E-state index contributed by atoms with van der Waals surface area (Å²) in [6.45, 7) is -0.463. The lowest BCUT2D eigenvalue weighted by molar-refractivity contribution is -0.0508. The average Bonchev–Trinajstić information content (AvgIpc) is 3.27. The van der Waals surface area contributed by atoms with Crippen LogP contribution in [0.2, 0.25) is 0 Å². The molecular weight excluding hydrogens is 332 g/mol. The summed E-state index contributed by atoms with van der Waals surface area (Å²) in [6, 6.07) is 3.34. The highest BCUT2D eigenvalue weighted by Crippen LogP contribution is 2.35. The van der Waals surface area contributed by atoms with Crippen LogP contribution in [0.25, 0.3) is 22.4 Å². The van der Waals surface area contributed by atoms with Crippen molar-refractivity contribution in [1.82, 2.24) is 14.5 Å². The predicted octanol–water partition coefficient (Wildman–Crippen LogP) is -0.822.